The summed E-state index contributed by atoms with van der Waals surface area (Å²) in [5.74, 6) is -0.258. The van der Waals surface area contributed by atoms with Crippen LogP contribution in [0.15, 0.2) is 16.9 Å². The monoisotopic (exact) mass is 217 g/mol. The molecule has 2 heterocycles. The molecule has 2 aliphatic rings. The second-order valence-electron chi connectivity index (χ2n) is 2.93. The molecule has 0 aromatic carbocycles. The molecule has 5 nitrogen and oxygen atoms in total. The van der Waals surface area contributed by atoms with Crippen molar-refractivity contribution in [1.29, 1.82) is 0 Å². The molecule has 14 heavy (non-hydrogen) atoms. The maximum atomic E-state index is 11.3. The summed E-state index contributed by atoms with van der Waals surface area (Å²) >= 11 is 0. The Hall–Kier alpha value is -1.07. The first-order valence-corrected chi connectivity index (χ1v) is 4.11. The van der Waals surface area contributed by atoms with Gasteiger partial charge in [-0.3, -0.25) is 10.3 Å². The molecule has 0 aromatic heterocycles. The third-order valence-corrected chi connectivity index (χ3v) is 2.20. The third kappa shape index (κ3) is 1.73. The van der Waals surface area contributed by atoms with Gasteiger partial charge in [-0.15, -0.1) is 12.4 Å². The van der Waals surface area contributed by atoms with Gasteiger partial charge in [0.05, 0.1) is 26.0 Å². The van der Waals surface area contributed by atoms with Crippen LogP contribution in [0.3, 0.4) is 0 Å². The molecule has 2 rings (SSSR count). The van der Waals surface area contributed by atoms with Crippen molar-refractivity contribution in [3.63, 3.8) is 0 Å². The third-order valence-electron chi connectivity index (χ3n) is 2.20. The van der Waals surface area contributed by atoms with E-state index in [1.807, 2.05) is 6.21 Å². The second-order valence-corrected chi connectivity index (χ2v) is 2.93. The Morgan fingerprint density at radius 1 is 1.79 bits per heavy atom. The van der Waals surface area contributed by atoms with Gasteiger partial charge in [-0.25, -0.2) is 4.79 Å². The summed E-state index contributed by atoms with van der Waals surface area (Å²) in [5, 5.41) is 3.05. The van der Waals surface area contributed by atoms with Crippen molar-refractivity contribution < 1.29 is 9.53 Å². The number of fused-ring (bicyclic) bond motifs is 1. The lowest BCUT2D eigenvalue weighted by Gasteiger charge is -2.19. The van der Waals surface area contributed by atoms with Gasteiger partial charge in [0, 0.05) is 12.4 Å². The van der Waals surface area contributed by atoms with Crippen molar-refractivity contribution in [2.75, 3.05) is 20.3 Å². The van der Waals surface area contributed by atoms with Crippen molar-refractivity contribution in [3.05, 3.63) is 11.9 Å². The molecule has 0 aliphatic carbocycles. The first kappa shape index (κ1) is 11.0. The highest BCUT2D eigenvalue weighted by Gasteiger charge is 2.33. The topological polar surface area (TPSA) is 53.9 Å². The quantitative estimate of drug-likeness (QED) is 0.615. The van der Waals surface area contributed by atoms with E-state index in [2.05, 4.69) is 19.9 Å². The first-order chi connectivity index (χ1) is 6.33. The number of hydrogen-bond donors (Lipinski definition) is 1. The van der Waals surface area contributed by atoms with Gasteiger partial charge in [-0.05, 0) is 0 Å². The molecule has 2 aliphatic heterocycles. The molecule has 1 N–H and O–H groups in total. The van der Waals surface area contributed by atoms with E-state index in [1.54, 1.807) is 6.20 Å². The number of carbonyl (C=O) groups is 1. The van der Waals surface area contributed by atoms with Gasteiger partial charge in [-0.2, -0.15) is 0 Å². The SMILES string of the molecule is COC(=O)C1NCN2CC=NC=C12.Cl. The Morgan fingerprint density at radius 2 is 2.57 bits per heavy atom. The Balaban J connectivity index is 0.000000980. The number of rotatable bonds is 1. The fourth-order valence-corrected chi connectivity index (χ4v) is 1.50. The Bertz CT molecular complexity index is 290. The van der Waals surface area contributed by atoms with Crippen LogP contribution in [0.25, 0.3) is 0 Å². The average Bonchev–Trinajstić information content (AvgIpc) is 2.60. The Kier molecular flexibility index (Phi) is 3.49. The molecular formula is C8H12ClN3O2. The molecule has 0 amide bonds. The minimum Gasteiger partial charge on any atom is -0.468 e. The molecule has 0 radical (unpaired) electrons. The molecule has 0 aromatic rings. The molecule has 1 unspecified atom stereocenters. The maximum Gasteiger partial charge on any atom is 0.329 e. The van der Waals surface area contributed by atoms with E-state index in [4.69, 9.17) is 0 Å². The predicted molar refractivity (Wildman–Crippen MR) is 54.3 cm³/mol. The van der Waals surface area contributed by atoms with Crippen LogP contribution in [0, 0.1) is 0 Å². The number of carbonyl (C=O) groups excluding carboxylic acids is 1. The number of aliphatic imine (C=N–C) groups is 1. The Morgan fingerprint density at radius 3 is 3.29 bits per heavy atom. The number of ether oxygens (including phenoxy) is 1. The summed E-state index contributed by atoms with van der Waals surface area (Å²) in [7, 11) is 1.39. The minimum absolute atomic E-state index is 0. The van der Waals surface area contributed by atoms with Gasteiger partial charge >= 0.3 is 5.97 Å². The van der Waals surface area contributed by atoms with Crippen LogP contribution >= 0.6 is 12.4 Å². The zero-order valence-electron chi connectivity index (χ0n) is 7.77. The van der Waals surface area contributed by atoms with E-state index in [1.165, 1.54) is 7.11 Å². The lowest BCUT2D eigenvalue weighted by atomic mass is 10.2. The lowest BCUT2D eigenvalue weighted by molar-refractivity contribution is -0.141. The van der Waals surface area contributed by atoms with Gasteiger partial charge in [0.2, 0.25) is 0 Å². The largest absolute Gasteiger partial charge is 0.468 e. The smallest absolute Gasteiger partial charge is 0.329 e. The summed E-state index contributed by atoms with van der Waals surface area (Å²) in [5.41, 5.74) is 0.898. The molecule has 0 saturated carbocycles. The fraction of sp³-hybridized carbons (Fsp3) is 0.500. The molecule has 1 atom stereocenters. The molecule has 0 bridgehead atoms. The van der Waals surface area contributed by atoms with Crippen molar-refractivity contribution in [3.8, 4) is 0 Å². The Labute approximate surface area is 88.2 Å². The zero-order valence-corrected chi connectivity index (χ0v) is 8.58. The van der Waals surface area contributed by atoms with Crippen LogP contribution in [0.2, 0.25) is 0 Å². The predicted octanol–water partition coefficient (Wildman–Crippen LogP) is -0.262. The lowest BCUT2D eigenvalue weighted by Crippen LogP contribution is -2.33. The molecular weight excluding hydrogens is 206 g/mol. The van der Waals surface area contributed by atoms with Crippen LogP contribution in [-0.2, 0) is 9.53 Å². The summed E-state index contributed by atoms with van der Waals surface area (Å²) < 4.78 is 4.66. The van der Waals surface area contributed by atoms with E-state index in [0.29, 0.717) is 6.67 Å². The number of esters is 1. The minimum atomic E-state index is -0.345. The molecule has 78 valence electrons. The van der Waals surface area contributed by atoms with Crippen LogP contribution in [-0.4, -0.2) is 43.4 Å². The van der Waals surface area contributed by atoms with Gasteiger partial charge in [0.15, 0.2) is 0 Å². The van der Waals surface area contributed by atoms with E-state index in [-0.39, 0.29) is 24.4 Å². The normalized spacial score (nSPS) is 23.6. The van der Waals surface area contributed by atoms with E-state index in [0.717, 1.165) is 12.2 Å². The van der Waals surface area contributed by atoms with Crippen LogP contribution in [0.5, 0.6) is 0 Å². The standard InChI is InChI=1S/C8H11N3O2.ClH/c1-13-8(12)7-6-4-9-2-3-11(6)5-10-7;/h2,4,7,10H,3,5H2,1H3;1H. The van der Waals surface area contributed by atoms with Crippen molar-refractivity contribution in [1.82, 2.24) is 10.2 Å². The van der Waals surface area contributed by atoms with Gasteiger partial charge in [0.25, 0.3) is 0 Å². The second kappa shape index (κ2) is 4.43. The average molecular weight is 218 g/mol. The number of nitrogens with zero attached hydrogens (tertiary/aromatic N) is 2. The van der Waals surface area contributed by atoms with Gasteiger partial charge in [0.1, 0.15) is 6.04 Å². The molecule has 6 heteroatoms. The fourth-order valence-electron chi connectivity index (χ4n) is 1.50. The van der Waals surface area contributed by atoms with Crippen molar-refractivity contribution in [2.45, 2.75) is 6.04 Å². The summed E-state index contributed by atoms with van der Waals surface area (Å²) in [4.78, 5) is 17.3. The molecule has 0 spiro atoms. The number of nitrogens with one attached hydrogen (secondary N) is 1. The highest BCUT2D eigenvalue weighted by molar-refractivity contribution is 5.85. The van der Waals surface area contributed by atoms with Gasteiger partial charge in [-0.1, -0.05) is 0 Å². The highest BCUT2D eigenvalue weighted by Crippen LogP contribution is 2.18. The van der Waals surface area contributed by atoms with E-state index < -0.39 is 0 Å². The number of hydrogen-bond acceptors (Lipinski definition) is 5. The maximum absolute atomic E-state index is 11.3. The summed E-state index contributed by atoms with van der Waals surface area (Å²) in [6.45, 7) is 1.43. The van der Waals surface area contributed by atoms with Crippen LogP contribution in [0.1, 0.15) is 0 Å². The first-order valence-electron chi connectivity index (χ1n) is 4.11. The molecule has 1 fully saturated rings. The number of halogens is 1. The van der Waals surface area contributed by atoms with Crippen molar-refractivity contribution in [2.24, 2.45) is 4.99 Å². The summed E-state index contributed by atoms with van der Waals surface area (Å²) in [6, 6.07) is -0.345. The van der Waals surface area contributed by atoms with Crippen molar-refractivity contribution >= 4 is 24.6 Å². The van der Waals surface area contributed by atoms with Gasteiger partial charge < -0.3 is 9.64 Å². The van der Waals surface area contributed by atoms with Crippen LogP contribution < -0.4 is 5.32 Å². The molecule has 1 saturated heterocycles. The van der Waals surface area contributed by atoms with Crippen LogP contribution in [0.4, 0.5) is 0 Å². The summed E-state index contributed by atoms with van der Waals surface area (Å²) in [6.07, 6.45) is 3.51. The van der Waals surface area contributed by atoms with E-state index >= 15 is 0 Å². The highest BCUT2D eigenvalue weighted by atomic mass is 35.5. The zero-order chi connectivity index (χ0) is 9.26. The van der Waals surface area contributed by atoms with E-state index in [9.17, 15) is 4.79 Å². The number of methoxy groups -OCH3 is 1.